The number of aromatic nitrogens is 3. The molecule has 1 amide bonds. The molecular formula is C19H19ClN4O2. The van der Waals surface area contributed by atoms with Crippen LogP contribution < -0.4 is 5.32 Å². The molecule has 0 aliphatic heterocycles. The molecule has 7 heteroatoms. The Morgan fingerprint density at radius 3 is 2.69 bits per heavy atom. The zero-order valence-electron chi connectivity index (χ0n) is 14.7. The third-order valence-corrected chi connectivity index (χ3v) is 4.55. The van der Waals surface area contributed by atoms with Gasteiger partial charge in [0.15, 0.2) is 5.69 Å². The van der Waals surface area contributed by atoms with E-state index in [-0.39, 0.29) is 11.6 Å². The summed E-state index contributed by atoms with van der Waals surface area (Å²) in [6.45, 7) is 5.36. The Morgan fingerprint density at radius 1 is 1.23 bits per heavy atom. The van der Waals surface area contributed by atoms with E-state index in [2.05, 4.69) is 15.6 Å². The van der Waals surface area contributed by atoms with E-state index in [9.17, 15) is 9.90 Å². The van der Waals surface area contributed by atoms with E-state index in [1.165, 1.54) is 0 Å². The SMILES string of the molecule is Cc1cc(-n2nnc(C(=O)Nc3cccc([C@@H](C)O)c3)c2C)ccc1Cl. The topological polar surface area (TPSA) is 80.0 Å². The van der Waals surface area contributed by atoms with Crippen molar-refractivity contribution in [2.45, 2.75) is 26.9 Å². The van der Waals surface area contributed by atoms with Crippen molar-refractivity contribution >= 4 is 23.2 Å². The van der Waals surface area contributed by atoms with Crippen molar-refractivity contribution in [2.24, 2.45) is 0 Å². The Morgan fingerprint density at radius 2 is 2.00 bits per heavy atom. The highest BCUT2D eigenvalue weighted by molar-refractivity contribution is 6.31. The van der Waals surface area contributed by atoms with Gasteiger partial charge in [0.1, 0.15) is 0 Å². The Balaban J connectivity index is 1.86. The smallest absolute Gasteiger partial charge is 0.278 e. The number of carbonyl (C=O) groups excluding carboxylic acids is 1. The number of aliphatic hydroxyl groups is 1. The number of carbonyl (C=O) groups is 1. The lowest BCUT2D eigenvalue weighted by Crippen LogP contribution is -2.14. The molecule has 1 heterocycles. The molecule has 1 atom stereocenters. The lowest BCUT2D eigenvalue weighted by molar-refractivity contribution is 0.102. The van der Waals surface area contributed by atoms with Crippen molar-refractivity contribution in [3.8, 4) is 5.69 Å². The van der Waals surface area contributed by atoms with Gasteiger partial charge in [-0.3, -0.25) is 4.79 Å². The highest BCUT2D eigenvalue weighted by atomic mass is 35.5. The Bertz CT molecular complexity index is 966. The molecule has 3 rings (SSSR count). The van der Waals surface area contributed by atoms with Crippen LogP contribution in [0.3, 0.4) is 0 Å². The number of benzene rings is 2. The maximum atomic E-state index is 12.6. The molecule has 2 aromatic carbocycles. The van der Waals surface area contributed by atoms with Crippen LogP contribution in [0.15, 0.2) is 42.5 Å². The van der Waals surface area contributed by atoms with E-state index in [0.29, 0.717) is 16.4 Å². The van der Waals surface area contributed by atoms with Crippen LogP contribution in [0.5, 0.6) is 0 Å². The second-order valence-corrected chi connectivity index (χ2v) is 6.53. The van der Waals surface area contributed by atoms with Crippen LogP contribution in [-0.4, -0.2) is 26.0 Å². The fraction of sp³-hybridized carbons (Fsp3) is 0.211. The van der Waals surface area contributed by atoms with Crippen molar-refractivity contribution in [2.75, 3.05) is 5.32 Å². The zero-order valence-corrected chi connectivity index (χ0v) is 15.4. The number of amides is 1. The van der Waals surface area contributed by atoms with Crippen LogP contribution in [-0.2, 0) is 0 Å². The third-order valence-electron chi connectivity index (χ3n) is 4.12. The fourth-order valence-electron chi connectivity index (χ4n) is 2.61. The van der Waals surface area contributed by atoms with E-state index >= 15 is 0 Å². The van der Waals surface area contributed by atoms with Gasteiger partial charge in [0.05, 0.1) is 17.5 Å². The van der Waals surface area contributed by atoms with Gasteiger partial charge in [-0.2, -0.15) is 0 Å². The molecule has 0 aliphatic rings. The predicted molar refractivity (Wildman–Crippen MR) is 101 cm³/mol. The van der Waals surface area contributed by atoms with Crippen molar-refractivity contribution in [1.82, 2.24) is 15.0 Å². The van der Waals surface area contributed by atoms with Gasteiger partial charge in [-0.25, -0.2) is 4.68 Å². The molecule has 6 nitrogen and oxygen atoms in total. The number of rotatable bonds is 4. The average molecular weight is 371 g/mol. The molecule has 0 aliphatic carbocycles. The number of halogens is 1. The van der Waals surface area contributed by atoms with Gasteiger partial charge >= 0.3 is 0 Å². The summed E-state index contributed by atoms with van der Waals surface area (Å²) in [6, 6.07) is 12.6. The summed E-state index contributed by atoms with van der Waals surface area (Å²) in [4.78, 5) is 12.6. The van der Waals surface area contributed by atoms with E-state index < -0.39 is 6.10 Å². The second-order valence-electron chi connectivity index (χ2n) is 6.12. The lowest BCUT2D eigenvalue weighted by atomic mass is 10.1. The number of hydrogen-bond acceptors (Lipinski definition) is 4. The molecule has 0 saturated carbocycles. The lowest BCUT2D eigenvalue weighted by Gasteiger charge is -2.09. The minimum atomic E-state index is -0.609. The first kappa shape index (κ1) is 18.1. The average Bonchev–Trinajstić information content (AvgIpc) is 2.99. The minimum absolute atomic E-state index is 0.236. The Labute approximate surface area is 156 Å². The van der Waals surface area contributed by atoms with Crippen molar-refractivity contribution < 1.29 is 9.90 Å². The first-order valence-electron chi connectivity index (χ1n) is 8.15. The molecule has 134 valence electrons. The highest BCUT2D eigenvalue weighted by Crippen LogP contribution is 2.21. The minimum Gasteiger partial charge on any atom is -0.389 e. The molecule has 0 radical (unpaired) electrons. The summed E-state index contributed by atoms with van der Waals surface area (Å²) in [6.07, 6.45) is -0.609. The summed E-state index contributed by atoms with van der Waals surface area (Å²) in [7, 11) is 0. The normalized spacial score (nSPS) is 12.0. The maximum Gasteiger partial charge on any atom is 0.278 e. The number of aliphatic hydroxyl groups excluding tert-OH is 1. The zero-order chi connectivity index (χ0) is 18.8. The quantitative estimate of drug-likeness (QED) is 0.731. The monoisotopic (exact) mass is 370 g/mol. The summed E-state index contributed by atoms with van der Waals surface area (Å²) >= 11 is 6.06. The Kier molecular flexibility index (Phi) is 5.06. The number of anilines is 1. The highest BCUT2D eigenvalue weighted by Gasteiger charge is 2.18. The van der Waals surface area contributed by atoms with Gasteiger partial charge in [-0.1, -0.05) is 28.9 Å². The number of aryl methyl sites for hydroxylation is 1. The summed E-state index contributed by atoms with van der Waals surface area (Å²) < 4.78 is 1.60. The molecule has 1 aromatic heterocycles. The van der Waals surface area contributed by atoms with Gasteiger partial charge < -0.3 is 10.4 Å². The summed E-state index contributed by atoms with van der Waals surface area (Å²) in [5.41, 5.74) is 3.87. The van der Waals surface area contributed by atoms with Gasteiger partial charge in [0.25, 0.3) is 5.91 Å². The van der Waals surface area contributed by atoms with E-state index in [0.717, 1.165) is 16.8 Å². The van der Waals surface area contributed by atoms with Crippen LogP contribution in [0, 0.1) is 13.8 Å². The van der Waals surface area contributed by atoms with Crippen LogP contribution in [0.2, 0.25) is 5.02 Å². The second kappa shape index (κ2) is 7.27. The molecule has 0 unspecified atom stereocenters. The van der Waals surface area contributed by atoms with Crippen molar-refractivity contribution in [3.63, 3.8) is 0 Å². The third kappa shape index (κ3) is 3.61. The van der Waals surface area contributed by atoms with Gasteiger partial charge in [0, 0.05) is 10.7 Å². The fourth-order valence-corrected chi connectivity index (χ4v) is 2.73. The Hall–Kier alpha value is -2.70. The maximum absolute atomic E-state index is 12.6. The largest absolute Gasteiger partial charge is 0.389 e. The number of nitrogens with one attached hydrogen (secondary N) is 1. The molecule has 0 bridgehead atoms. The summed E-state index contributed by atoms with van der Waals surface area (Å²) in [5.74, 6) is -0.359. The van der Waals surface area contributed by atoms with E-state index in [1.54, 1.807) is 48.9 Å². The van der Waals surface area contributed by atoms with Gasteiger partial charge in [0.2, 0.25) is 0 Å². The molecule has 26 heavy (non-hydrogen) atoms. The van der Waals surface area contributed by atoms with Crippen LogP contribution >= 0.6 is 11.6 Å². The van der Waals surface area contributed by atoms with Crippen LogP contribution in [0.1, 0.15) is 40.3 Å². The van der Waals surface area contributed by atoms with Crippen molar-refractivity contribution in [1.29, 1.82) is 0 Å². The number of nitrogens with zero attached hydrogens (tertiary/aromatic N) is 3. The predicted octanol–water partition coefficient (Wildman–Crippen LogP) is 3.84. The standard InChI is InChI=1S/C19H19ClN4O2/c1-11-9-16(7-8-17(11)20)24-12(2)18(22-23-24)19(26)21-15-6-4-5-14(10-15)13(3)25/h4-10,13,25H,1-3H3,(H,21,26)/t13-/m1/s1. The molecule has 0 spiro atoms. The molecular weight excluding hydrogens is 352 g/mol. The molecule has 3 aromatic rings. The first-order valence-corrected chi connectivity index (χ1v) is 8.53. The molecule has 0 saturated heterocycles. The van der Waals surface area contributed by atoms with Crippen molar-refractivity contribution in [3.05, 3.63) is 70.0 Å². The molecule has 2 N–H and O–H groups in total. The van der Waals surface area contributed by atoms with Gasteiger partial charge in [-0.05, 0) is 62.2 Å². The summed E-state index contributed by atoms with van der Waals surface area (Å²) in [5, 5.41) is 21.2. The van der Waals surface area contributed by atoms with E-state index in [4.69, 9.17) is 11.6 Å². The van der Waals surface area contributed by atoms with Crippen LogP contribution in [0.25, 0.3) is 5.69 Å². The van der Waals surface area contributed by atoms with Crippen LogP contribution in [0.4, 0.5) is 5.69 Å². The van der Waals surface area contributed by atoms with Gasteiger partial charge in [-0.15, -0.1) is 5.10 Å². The first-order chi connectivity index (χ1) is 12.4. The molecule has 0 fully saturated rings. The van der Waals surface area contributed by atoms with E-state index in [1.807, 2.05) is 19.1 Å². The number of hydrogen-bond donors (Lipinski definition) is 2.